The van der Waals surface area contributed by atoms with Crippen LogP contribution >= 0.6 is 0 Å². The molecule has 3 aromatic heterocycles. The second-order valence-electron chi connectivity index (χ2n) is 8.80. The SMILES string of the molecule is O=C(O)OC1CN(c2cccc(-c3cnc4ccc(N5CCCC5c5cccc(F)c5)nn34)n2)C1. The molecular formula is C25H23FN6O3. The van der Waals surface area contributed by atoms with Crippen molar-refractivity contribution >= 4 is 23.4 Å². The Bertz CT molecular complexity index is 1400. The second kappa shape index (κ2) is 8.53. The van der Waals surface area contributed by atoms with E-state index in [-0.39, 0.29) is 18.0 Å². The van der Waals surface area contributed by atoms with Crippen LogP contribution in [0.2, 0.25) is 0 Å². The first-order chi connectivity index (χ1) is 17.0. The number of carbonyl (C=O) groups is 1. The number of hydrogen-bond acceptors (Lipinski definition) is 7. The molecule has 0 aliphatic carbocycles. The number of carboxylic acid groups (broad SMARTS) is 1. The van der Waals surface area contributed by atoms with Gasteiger partial charge in [-0.1, -0.05) is 18.2 Å². The number of rotatable bonds is 5. The van der Waals surface area contributed by atoms with Crippen LogP contribution in [0.5, 0.6) is 0 Å². The van der Waals surface area contributed by atoms with Crippen molar-refractivity contribution in [2.45, 2.75) is 25.0 Å². The molecule has 0 spiro atoms. The first-order valence-electron chi connectivity index (χ1n) is 11.5. The largest absolute Gasteiger partial charge is 0.506 e. The molecule has 10 heteroatoms. The molecule has 0 radical (unpaired) electrons. The summed E-state index contributed by atoms with van der Waals surface area (Å²) in [7, 11) is 0. The zero-order valence-corrected chi connectivity index (χ0v) is 18.8. The standard InChI is InChI=1S/C25H23FN6O3/c26-17-5-1-4-16(12-17)20-7-3-11-31(20)24-10-9-22-27-13-21(32(22)29-24)19-6-2-8-23(28-19)30-14-18(15-30)35-25(33)34/h1-2,4-6,8-10,12-13,18,20H,3,7,11,14-15H2,(H,33,34). The van der Waals surface area contributed by atoms with E-state index in [2.05, 4.69) is 9.88 Å². The van der Waals surface area contributed by atoms with Gasteiger partial charge in [0.25, 0.3) is 0 Å². The molecule has 1 N–H and O–H groups in total. The summed E-state index contributed by atoms with van der Waals surface area (Å²) < 4.78 is 20.5. The molecular weight excluding hydrogens is 451 g/mol. The van der Waals surface area contributed by atoms with Gasteiger partial charge in [-0.05, 0) is 54.8 Å². The Morgan fingerprint density at radius 1 is 1.09 bits per heavy atom. The number of benzene rings is 1. The minimum absolute atomic E-state index is 0.0662. The zero-order chi connectivity index (χ0) is 23.9. The Kier molecular flexibility index (Phi) is 5.20. The van der Waals surface area contributed by atoms with E-state index in [1.807, 2.05) is 41.3 Å². The van der Waals surface area contributed by atoms with Crippen molar-refractivity contribution in [3.05, 3.63) is 72.2 Å². The predicted molar refractivity (Wildman–Crippen MR) is 127 cm³/mol. The average Bonchev–Trinajstić information content (AvgIpc) is 3.48. The summed E-state index contributed by atoms with van der Waals surface area (Å²) in [5, 5.41) is 13.7. The van der Waals surface area contributed by atoms with Crippen LogP contribution < -0.4 is 9.80 Å². The van der Waals surface area contributed by atoms with Crippen molar-refractivity contribution in [3.63, 3.8) is 0 Å². The van der Waals surface area contributed by atoms with Crippen LogP contribution in [-0.4, -0.2) is 56.6 Å². The Morgan fingerprint density at radius 2 is 1.94 bits per heavy atom. The third-order valence-corrected chi connectivity index (χ3v) is 6.57. The van der Waals surface area contributed by atoms with Gasteiger partial charge < -0.3 is 19.6 Å². The third kappa shape index (κ3) is 4.01. The van der Waals surface area contributed by atoms with Crippen LogP contribution in [0.25, 0.3) is 17.0 Å². The molecule has 0 bridgehead atoms. The molecule has 2 fully saturated rings. The molecule has 1 unspecified atom stereocenters. The molecule has 2 saturated heterocycles. The van der Waals surface area contributed by atoms with E-state index < -0.39 is 6.16 Å². The van der Waals surface area contributed by atoms with E-state index in [1.54, 1.807) is 22.8 Å². The van der Waals surface area contributed by atoms with Crippen molar-refractivity contribution in [2.24, 2.45) is 0 Å². The fraction of sp³-hybridized carbons (Fsp3) is 0.280. The average molecular weight is 474 g/mol. The number of nitrogens with zero attached hydrogens (tertiary/aromatic N) is 6. The lowest BCUT2D eigenvalue weighted by atomic mass is 10.0. The number of ether oxygens (including phenoxy) is 1. The molecule has 9 nitrogen and oxygen atoms in total. The third-order valence-electron chi connectivity index (χ3n) is 6.57. The van der Waals surface area contributed by atoms with Gasteiger partial charge >= 0.3 is 6.16 Å². The highest BCUT2D eigenvalue weighted by Gasteiger charge is 2.31. The number of imidazole rings is 1. The molecule has 178 valence electrons. The van der Waals surface area contributed by atoms with Gasteiger partial charge in [0.2, 0.25) is 0 Å². The Morgan fingerprint density at radius 3 is 2.77 bits per heavy atom. The summed E-state index contributed by atoms with van der Waals surface area (Å²) in [6.45, 7) is 1.77. The molecule has 5 heterocycles. The first-order valence-corrected chi connectivity index (χ1v) is 11.5. The van der Waals surface area contributed by atoms with E-state index in [0.717, 1.165) is 42.3 Å². The maximum Gasteiger partial charge on any atom is 0.506 e. The van der Waals surface area contributed by atoms with Gasteiger partial charge in [0.05, 0.1) is 31.0 Å². The Hall–Kier alpha value is -4.21. The summed E-state index contributed by atoms with van der Waals surface area (Å²) in [5.41, 5.74) is 3.12. The van der Waals surface area contributed by atoms with Crippen molar-refractivity contribution < 1.29 is 19.0 Å². The van der Waals surface area contributed by atoms with E-state index in [0.29, 0.717) is 24.4 Å². The number of aromatic nitrogens is 4. The van der Waals surface area contributed by atoms with E-state index in [4.69, 9.17) is 19.9 Å². The summed E-state index contributed by atoms with van der Waals surface area (Å²) >= 11 is 0. The van der Waals surface area contributed by atoms with E-state index in [1.165, 1.54) is 6.07 Å². The van der Waals surface area contributed by atoms with Crippen LogP contribution in [0.3, 0.4) is 0 Å². The maximum atomic E-state index is 13.9. The van der Waals surface area contributed by atoms with E-state index >= 15 is 0 Å². The number of pyridine rings is 1. The first kappa shape index (κ1) is 21.3. The van der Waals surface area contributed by atoms with Gasteiger partial charge in [-0.15, -0.1) is 5.10 Å². The Labute approximate surface area is 200 Å². The molecule has 4 aromatic rings. The number of halogens is 1. The van der Waals surface area contributed by atoms with Gasteiger partial charge in [-0.2, -0.15) is 0 Å². The summed E-state index contributed by atoms with van der Waals surface area (Å²) in [5.74, 6) is 1.31. The van der Waals surface area contributed by atoms with Crippen molar-refractivity contribution in [1.82, 2.24) is 19.6 Å². The fourth-order valence-corrected chi connectivity index (χ4v) is 4.88. The lowest BCUT2D eigenvalue weighted by molar-refractivity contribution is 0.0396. The van der Waals surface area contributed by atoms with E-state index in [9.17, 15) is 9.18 Å². The normalized spacial score (nSPS) is 18.1. The van der Waals surface area contributed by atoms with Crippen LogP contribution in [0.1, 0.15) is 24.4 Å². The monoisotopic (exact) mass is 474 g/mol. The highest BCUT2D eigenvalue weighted by atomic mass is 19.1. The second-order valence-corrected chi connectivity index (χ2v) is 8.80. The van der Waals surface area contributed by atoms with Gasteiger partial charge in [-0.3, -0.25) is 0 Å². The maximum absolute atomic E-state index is 13.9. The summed E-state index contributed by atoms with van der Waals surface area (Å²) in [6, 6.07) is 16.4. The molecule has 0 saturated carbocycles. The molecule has 2 aliphatic heterocycles. The molecule has 0 amide bonds. The zero-order valence-electron chi connectivity index (χ0n) is 18.8. The van der Waals surface area contributed by atoms with Gasteiger partial charge in [0.15, 0.2) is 5.65 Å². The topological polar surface area (TPSA) is 96.1 Å². The Balaban J connectivity index is 1.29. The fourth-order valence-electron chi connectivity index (χ4n) is 4.88. The van der Waals surface area contributed by atoms with Crippen LogP contribution in [-0.2, 0) is 4.74 Å². The number of anilines is 2. The van der Waals surface area contributed by atoms with Gasteiger partial charge in [0, 0.05) is 6.54 Å². The molecule has 6 rings (SSSR count). The highest BCUT2D eigenvalue weighted by molar-refractivity contribution is 5.63. The quantitative estimate of drug-likeness (QED) is 0.431. The van der Waals surface area contributed by atoms with Crippen molar-refractivity contribution in [2.75, 3.05) is 29.4 Å². The summed E-state index contributed by atoms with van der Waals surface area (Å²) in [6.07, 6.45) is 2.08. The number of fused-ring (bicyclic) bond motifs is 1. The summed E-state index contributed by atoms with van der Waals surface area (Å²) in [4.78, 5) is 24.2. The highest BCUT2D eigenvalue weighted by Crippen LogP contribution is 2.36. The van der Waals surface area contributed by atoms with Crippen LogP contribution in [0.4, 0.5) is 20.8 Å². The van der Waals surface area contributed by atoms with Crippen molar-refractivity contribution in [3.8, 4) is 11.4 Å². The molecule has 2 aliphatic rings. The molecule has 1 atom stereocenters. The van der Waals surface area contributed by atoms with Gasteiger partial charge in [-0.25, -0.2) is 23.7 Å². The molecule has 35 heavy (non-hydrogen) atoms. The van der Waals surface area contributed by atoms with Crippen molar-refractivity contribution in [1.29, 1.82) is 0 Å². The lowest BCUT2D eigenvalue weighted by Gasteiger charge is -2.38. The van der Waals surface area contributed by atoms with Gasteiger partial charge in [0.1, 0.15) is 29.3 Å². The molecule has 1 aromatic carbocycles. The lowest BCUT2D eigenvalue weighted by Crippen LogP contribution is -2.53. The smallest absolute Gasteiger partial charge is 0.450 e. The predicted octanol–water partition coefficient (Wildman–Crippen LogP) is 4.16. The van der Waals surface area contributed by atoms with Crippen LogP contribution in [0.15, 0.2) is 60.8 Å². The minimum atomic E-state index is -1.26. The minimum Gasteiger partial charge on any atom is -0.450 e. The van der Waals surface area contributed by atoms with Crippen LogP contribution in [0, 0.1) is 5.82 Å². The number of hydrogen-bond donors (Lipinski definition) is 1.